The maximum absolute atomic E-state index is 12.3. The van der Waals surface area contributed by atoms with Crippen LogP contribution >= 0.6 is 11.3 Å². The summed E-state index contributed by atoms with van der Waals surface area (Å²) in [6.45, 7) is 5.35. The van der Waals surface area contributed by atoms with Crippen molar-refractivity contribution in [1.82, 2.24) is 0 Å². The number of aliphatic carboxylic acids is 1. The summed E-state index contributed by atoms with van der Waals surface area (Å²) < 4.78 is 5.10. The normalized spacial score (nSPS) is 10.3. The van der Waals surface area contributed by atoms with E-state index in [0.717, 1.165) is 16.0 Å². The molecule has 0 saturated heterocycles. The van der Waals surface area contributed by atoms with Crippen molar-refractivity contribution in [3.05, 3.63) is 45.1 Å². The zero-order valence-corrected chi connectivity index (χ0v) is 13.4. The molecule has 1 amide bonds. The van der Waals surface area contributed by atoms with E-state index in [1.54, 1.807) is 29.5 Å². The summed E-state index contributed by atoms with van der Waals surface area (Å²) in [5, 5.41) is 13.3. The second-order valence-electron chi connectivity index (χ2n) is 4.94. The number of hydrogen-bond acceptors (Lipinski definition) is 4. The maximum atomic E-state index is 12.3. The molecule has 2 aromatic rings. The summed E-state index contributed by atoms with van der Waals surface area (Å²) >= 11 is 1.55. The van der Waals surface area contributed by atoms with Gasteiger partial charge in [0.2, 0.25) is 0 Å². The highest BCUT2D eigenvalue weighted by Gasteiger charge is 2.13. The lowest BCUT2D eigenvalue weighted by atomic mass is 10.1. The fraction of sp³-hybridized carbons (Fsp3) is 0.250. The van der Waals surface area contributed by atoms with Gasteiger partial charge >= 0.3 is 5.97 Å². The van der Waals surface area contributed by atoms with Crippen LogP contribution in [0.15, 0.2) is 23.6 Å². The summed E-state index contributed by atoms with van der Waals surface area (Å²) in [6.07, 6.45) is 0. The van der Waals surface area contributed by atoms with Crippen LogP contribution in [0.4, 0.5) is 5.69 Å². The Morgan fingerprint density at radius 3 is 2.55 bits per heavy atom. The third-order valence-electron chi connectivity index (χ3n) is 3.34. The van der Waals surface area contributed by atoms with Crippen molar-refractivity contribution in [2.75, 3.05) is 11.9 Å². The van der Waals surface area contributed by atoms with E-state index in [0.29, 0.717) is 17.0 Å². The van der Waals surface area contributed by atoms with Gasteiger partial charge in [-0.15, -0.1) is 11.3 Å². The quantitative estimate of drug-likeness (QED) is 0.886. The molecule has 5 nitrogen and oxygen atoms in total. The maximum Gasteiger partial charge on any atom is 0.341 e. The van der Waals surface area contributed by atoms with Gasteiger partial charge in [0.15, 0.2) is 6.61 Å². The number of ether oxygens (including phenoxy) is 1. The molecule has 6 heteroatoms. The molecule has 0 aliphatic rings. The molecule has 0 bridgehead atoms. The highest BCUT2D eigenvalue weighted by Crippen LogP contribution is 2.24. The average molecular weight is 319 g/mol. The van der Waals surface area contributed by atoms with Crippen molar-refractivity contribution < 1.29 is 19.4 Å². The summed E-state index contributed by atoms with van der Waals surface area (Å²) in [6, 6.07) is 5.04. The minimum atomic E-state index is -1.03. The highest BCUT2D eigenvalue weighted by atomic mass is 32.1. The Morgan fingerprint density at radius 1 is 1.27 bits per heavy atom. The number of amides is 1. The molecule has 22 heavy (non-hydrogen) atoms. The molecule has 0 aliphatic heterocycles. The topological polar surface area (TPSA) is 75.6 Å². The van der Waals surface area contributed by atoms with Crippen molar-refractivity contribution in [2.45, 2.75) is 20.8 Å². The van der Waals surface area contributed by atoms with Gasteiger partial charge in [-0.1, -0.05) is 0 Å². The lowest BCUT2D eigenvalue weighted by Crippen LogP contribution is -2.13. The first kappa shape index (κ1) is 16.0. The number of carbonyl (C=O) groups is 2. The number of carboxylic acid groups (broad SMARTS) is 1. The Balaban J connectivity index is 2.11. The van der Waals surface area contributed by atoms with E-state index in [1.165, 1.54) is 0 Å². The molecule has 0 aliphatic carbocycles. The van der Waals surface area contributed by atoms with Crippen LogP contribution in [0.1, 0.15) is 26.4 Å². The van der Waals surface area contributed by atoms with Crippen LogP contribution in [0.2, 0.25) is 0 Å². The number of rotatable bonds is 5. The first-order valence-electron chi connectivity index (χ1n) is 6.69. The molecule has 2 rings (SSSR count). The van der Waals surface area contributed by atoms with Crippen LogP contribution < -0.4 is 10.1 Å². The first-order chi connectivity index (χ1) is 10.4. The van der Waals surface area contributed by atoms with Crippen molar-refractivity contribution in [3.8, 4) is 5.75 Å². The van der Waals surface area contributed by atoms with E-state index in [4.69, 9.17) is 9.84 Å². The van der Waals surface area contributed by atoms with Gasteiger partial charge in [0.25, 0.3) is 5.91 Å². The van der Waals surface area contributed by atoms with Gasteiger partial charge in [-0.2, -0.15) is 0 Å². The van der Waals surface area contributed by atoms with Crippen LogP contribution in [0.25, 0.3) is 0 Å². The molecule has 116 valence electrons. The number of aryl methyl sites for hydroxylation is 2. The first-order valence-corrected chi connectivity index (χ1v) is 7.57. The number of benzene rings is 1. The third-order valence-corrected chi connectivity index (χ3v) is 4.35. The fourth-order valence-corrected chi connectivity index (χ4v) is 2.80. The van der Waals surface area contributed by atoms with E-state index >= 15 is 0 Å². The summed E-state index contributed by atoms with van der Waals surface area (Å²) in [5.41, 5.74) is 3.14. The molecule has 0 saturated carbocycles. The number of anilines is 1. The van der Waals surface area contributed by atoms with Crippen molar-refractivity contribution >= 4 is 28.9 Å². The predicted molar refractivity (Wildman–Crippen MR) is 86.1 cm³/mol. The van der Waals surface area contributed by atoms with Gasteiger partial charge in [0, 0.05) is 15.9 Å². The minimum absolute atomic E-state index is 0.149. The fourth-order valence-electron chi connectivity index (χ4n) is 1.94. The Bertz CT molecular complexity index is 721. The number of thiophene rings is 1. The van der Waals surface area contributed by atoms with Gasteiger partial charge in [-0.3, -0.25) is 4.79 Å². The standard InChI is InChI=1S/C16H17NO4S/c1-9-6-12(21-7-15(18)19)4-5-14(9)17-16(20)13-8-22-11(3)10(13)2/h4-6,8H,7H2,1-3H3,(H,17,20)(H,18,19). The van der Waals surface area contributed by atoms with Crippen molar-refractivity contribution in [1.29, 1.82) is 0 Å². The van der Waals surface area contributed by atoms with E-state index in [-0.39, 0.29) is 5.91 Å². The third kappa shape index (κ3) is 3.65. The van der Waals surface area contributed by atoms with Crippen molar-refractivity contribution in [2.24, 2.45) is 0 Å². The molecule has 0 unspecified atom stereocenters. The van der Waals surface area contributed by atoms with Gasteiger partial charge < -0.3 is 15.2 Å². The molecular formula is C16H17NO4S. The largest absolute Gasteiger partial charge is 0.482 e. The molecule has 1 aromatic heterocycles. The number of carboxylic acids is 1. The number of carbonyl (C=O) groups excluding carboxylic acids is 1. The molecule has 0 fully saturated rings. The Morgan fingerprint density at radius 2 is 2.00 bits per heavy atom. The second kappa shape index (κ2) is 6.62. The lowest BCUT2D eigenvalue weighted by molar-refractivity contribution is -0.139. The van der Waals surface area contributed by atoms with Gasteiger partial charge in [-0.05, 0) is 50.1 Å². The number of nitrogens with one attached hydrogen (secondary N) is 1. The van der Waals surface area contributed by atoms with E-state index in [2.05, 4.69) is 5.32 Å². The van der Waals surface area contributed by atoms with Crippen LogP contribution in [-0.2, 0) is 4.79 Å². The van der Waals surface area contributed by atoms with Gasteiger partial charge in [-0.25, -0.2) is 4.79 Å². The number of hydrogen-bond donors (Lipinski definition) is 2. The smallest absolute Gasteiger partial charge is 0.341 e. The summed E-state index contributed by atoms with van der Waals surface area (Å²) in [5.74, 6) is -0.719. The highest BCUT2D eigenvalue weighted by molar-refractivity contribution is 7.10. The predicted octanol–water partition coefficient (Wildman–Crippen LogP) is 3.39. The Labute approximate surface area is 132 Å². The van der Waals surface area contributed by atoms with Crippen LogP contribution in [0, 0.1) is 20.8 Å². The molecule has 0 spiro atoms. The molecule has 1 heterocycles. The monoisotopic (exact) mass is 319 g/mol. The van der Waals surface area contributed by atoms with E-state index in [1.807, 2.05) is 26.2 Å². The van der Waals surface area contributed by atoms with Crippen molar-refractivity contribution in [3.63, 3.8) is 0 Å². The zero-order valence-electron chi connectivity index (χ0n) is 12.6. The van der Waals surface area contributed by atoms with Crippen LogP contribution in [-0.4, -0.2) is 23.6 Å². The second-order valence-corrected chi connectivity index (χ2v) is 6.03. The Kier molecular flexibility index (Phi) is 4.82. The van der Waals surface area contributed by atoms with Gasteiger partial charge in [0.1, 0.15) is 5.75 Å². The lowest BCUT2D eigenvalue weighted by Gasteiger charge is -2.10. The van der Waals surface area contributed by atoms with Crippen LogP contribution in [0.3, 0.4) is 0 Å². The SMILES string of the molecule is Cc1cc(OCC(=O)O)ccc1NC(=O)c1csc(C)c1C. The Hall–Kier alpha value is -2.34. The molecule has 1 aromatic carbocycles. The minimum Gasteiger partial charge on any atom is -0.482 e. The van der Waals surface area contributed by atoms with E-state index in [9.17, 15) is 9.59 Å². The summed E-state index contributed by atoms with van der Waals surface area (Å²) in [7, 11) is 0. The zero-order chi connectivity index (χ0) is 16.3. The summed E-state index contributed by atoms with van der Waals surface area (Å²) in [4.78, 5) is 23.9. The van der Waals surface area contributed by atoms with Gasteiger partial charge in [0.05, 0.1) is 5.56 Å². The molecular weight excluding hydrogens is 302 g/mol. The average Bonchev–Trinajstić information content (AvgIpc) is 2.79. The van der Waals surface area contributed by atoms with Crippen LogP contribution in [0.5, 0.6) is 5.75 Å². The molecule has 2 N–H and O–H groups in total. The molecule has 0 radical (unpaired) electrons. The van der Waals surface area contributed by atoms with E-state index < -0.39 is 12.6 Å². The molecule has 0 atom stereocenters.